The molecule has 17 heavy (non-hydrogen) atoms. The molecule has 2 rings (SSSR count). The lowest BCUT2D eigenvalue weighted by atomic mass is 10.0. The molecule has 0 amide bonds. The average Bonchev–Trinajstić information content (AvgIpc) is 2.70. The van der Waals surface area contributed by atoms with Crippen LogP contribution in [0.25, 0.3) is 0 Å². The summed E-state index contributed by atoms with van der Waals surface area (Å²) in [5, 5.41) is 7.08. The second-order valence-electron chi connectivity index (χ2n) is 5.10. The lowest BCUT2D eigenvalue weighted by Crippen LogP contribution is -2.52. The zero-order chi connectivity index (χ0) is 12.3. The fraction of sp³-hybridized carbons (Fsp3) is 0.750. The molecule has 0 aromatic carbocycles. The van der Waals surface area contributed by atoms with Crippen LogP contribution in [0.5, 0.6) is 0 Å². The van der Waals surface area contributed by atoms with Gasteiger partial charge in [0.15, 0.2) is 5.76 Å². The maximum Gasteiger partial charge on any atom is 0.151 e. The van der Waals surface area contributed by atoms with Crippen molar-refractivity contribution in [3.05, 3.63) is 17.5 Å². The van der Waals surface area contributed by atoms with Gasteiger partial charge in [-0.15, -0.1) is 0 Å². The van der Waals surface area contributed by atoms with E-state index in [-0.39, 0.29) is 5.54 Å². The van der Waals surface area contributed by atoms with E-state index in [1.807, 2.05) is 13.1 Å². The van der Waals surface area contributed by atoms with Crippen LogP contribution in [0, 0.1) is 0 Å². The van der Waals surface area contributed by atoms with Crippen molar-refractivity contribution in [1.29, 1.82) is 0 Å². The molecule has 96 valence electrons. The summed E-state index contributed by atoms with van der Waals surface area (Å²) in [6.07, 6.45) is 0. The van der Waals surface area contributed by atoms with E-state index in [4.69, 9.17) is 9.26 Å². The van der Waals surface area contributed by atoms with Crippen molar-refractivity contribution < 1.29 is 9.26 Å². The largest absolute Gasteiger partial charge is 0.378 e. The monoisotopic (exact) mass is 239 g/mol. The van der Waals surface area contributed by atoms with Crippen LogP contribution in [0.1, 0.15) is 25.3 Å². The van der Waals surface area contributed by atoms with Crippen LogP contribution in [0.2, 0.25) is 0 Å². The maximum absolute atomic E-state index is 5.50. The van der Waals surface area contributed by atoms with Gasteiger partial charge in [-0.2, -0.15) is 0 Å². The Morgan fingerprint density at radius 2 is 2.35 bits per heavy atom. The zero-order valence-corrected chi connectivity index (χ0v) is 10.8. The predicted octanol–water partition coefficient (Wildman–Crippen LogP) is 1.00. The third-order valence-corrected chi connectivity index (χ3v) is 3.13. The summed E-state index contributed by atoms with van der Waals surface area (Å²) < 4.78 is 10.8. The van der Waals surface area contributed by atoms with Crippen molar-refractivity contribution in [1.82, 2.24) is 15.4 Å². The molecule has 0 bridgehead atoms. The highest BCUT2D eigenvalue weighted by Gasteiger charge is 2.31. The molecule has 1 aliphatic heterocycles. The molecule has 1 aliphatic rings. The summed E-state index contributed by atoms with van der Waals surface area (Å²) >= 11 is 0. The first kappa shape index (κ1) is 12.5. The Bertz CT molecular complexity index is 362. The number of rotatable bonds is 4. The van der Waals surface area contributed by atoms with Gasteiger partial charge in [0, 0.05) is 24.7 Å². The molecule has 0 unspecified atom stereocenters. The van der Waals surface area contributed by atoms with Crippen LogP contribution in [0.15, 0.2) is 10.6 Å². The number of ether oxygens (including phenoxy) is 1. The summed E-state index contributed by atoms with van der Waals surface area (Å²) in [5.41, 5.74) is 1.02. The van der Waals surface area contributed by atoms with Gasteiger partial charge in [0.25, 0.3) is 0 Å². The van der Waals surface area contributed by atoms with E-state index < -0.39 is 0 Å². The lowest BCUT2D eigenvalue weighted by molar-refractivity contribution is -0.0582. The highest BCUT2D eigenvalue weighted by molar-refractivity contribution is 5.06. The number of morpholine rings is 1. The number of hydrogen-bond donors (Lipinski definition) is 1. The van der Waals surface area contributed by atoms with Gasteiger partial charge in [0.2, 0.25) is 0 Å². The Hall–Kier alpha value is -0.910. The molecule has 1 saturated heterocycles. The Labute approximate surface area is 102 Å². The maximum atomic E-state index is 5.50. The Morgan fingerprint density at radius 3 is 3.06 bits per heavy atom. The first-order valence-electron chi connectivity index (χ1n) is 6.04. The van der Waals surface area contributed by atoms with Gasteiger partial charge in [-0.3, -0.25) is 4.90 Å². The van der Waals surface area contributed by atoms with Crippen molar-refractivity contribution in [2.24, 2.45) is 0 Å². The summed E-state index contributed by atoms with van der Waals surface area (Å²) in [5.74, 6) is 0.922. The third kappa shape index (κ3) is 3.06. The van der Waals surface area contributed by atoms with Crippen LogP contribution < -0.4 is 5.32 Å². The van der Waals surface area contributed by atoms with E-state index in [2.05, 4.69) is 29.2 Å². The second kappa shape index (κ2) is 5.16. The van der Waals surface area contributed by atoms with Crippen LogP contribution in [-0.4, -0.2) is 42.4 Å². The van der Waals surface area contributed by atoms with Crippen molar-refractivity contribution in [2.45, 2.75) is 32.5 Å². The first-order chi connectivity index (χ1) is 8.12. The number of hydrogen-bond acceptors (Lipinski definition) is 5. The fourth-order valence-electron chi connectivity index (χ4n) is 2.07. The molecule has 5 nitrogen and oxygen atoms in total. The molecule has 0 aliphatic carbocycles. The summed E-state index contributed by atoms with van der Waals surface area (Å²) in [6.45, 7) is 8.43. The smallest absolute Gasteiger partial charge is 0.151 e. The Kier molecular flexibility index (Phi) is 3.81. The van der Waals surface area contributed by atoms with E-state index in [9.17, 15) is 0 Å². The van der Waals surface area contributed by atoms with Crippen LogP contribution >= 0.6 is 0 Å². The molecule has 1 N–H and O–H groups in total. The first-order valence-corrected chi connectivity index (χ1v) is 6.04. The van der Waals surface area contributed by atoms with Gasteiger partial charge in [-0.05, 0) is 20.9 Å². The van der Waals surface area contributed by atoms with Crippen molar-refractivity contribution in [3.8, 4) is 0 Å². The van der Waals surface area contributed by atoms with E-state index in [1.54, 1.807) is 0 Å². The van der Waals surface area contributed by atoms with Crippen LogP contribution in [0.4, 0.5) is 0 Å². The van der Waals surface area contributed by atoms with Crippen LogP contribution in [-0.2, 0) is 17.8 Å². The minimum atomic E-state index is 0.0637. The van der Waals surface area contributed by atoms with E-state index in [0.717, 1.165) is 44.3 Å². The van der Waals surface area contributed by atoms with E-state index in [0.29, 0.717) is 0 Å². The average molecular weight is 239 g/mol. The minimum absolute atomic E-state index is 0.0637. The van der Waals surface area contributed by atoms with Crippen molar-refractivity contribution in [3.63, 3.8) is 0 Å². The zero-order valence-electron chi connectivity index (χ0n) is 10.8. The summed E-state index contributed by atoms with van der Waals surface area (Å²) in [7, 11) is 1.90. The molecule has 0 radical (unpaired) electrons. The molecule has 1 fully saturated rings. The Balaban J connectivity index is 1.98. The third-order valence-electron chi connectivity index (χ3n) is 3.13. The van der Waals surface area contributed by atoms with Gasteiger partial charge >= 0.3 is 0 Å². The lowest BCUT2D eigenvalue weighted by Gasteiger charge is -2.41. The van der Waals surface area contributed by atoms with Gasteiger partial charge < -0.3 is 14.6 Å². The molecule has 2 heterocycles. The van der Waals surface area contributed by atoms with E-state index >= 15 is 0 Å². The topological polar surface area (TPSA) is 50.5 Å². The van der Waals surface area contributed by atoms with E-state index in [1.165, 1.54) is 0 Å². The highest BCUT2D eigenvalue weighted by atomic mass is 16.5. The standard InChI is InChI=1S/C12H21N3O2/c1-12(2)9-16-5-4-15(12)8-11-6-10(7-13-3)14-17-11/h6,13H,4-5,7-9H2,1-3H3. The number of aromatic nitrogens is 1. The quantitative estimate of drug-likeness (QED) is 0.849. The summed E-state index contributed by atoms with van der Waals surface area (Å²) in [6, 6.07) is 2.02. The number of nitrogens with one attached hydrogen (secondary N) is 1. The molecule has 0 spiro atoms. The number of nitrogens with zero attached hydrogens (tertiary/aromatic N) is 2. The van der Waals surface area contributed by atoms with Gasteiger partial charge in [-0.1, -0.05) is 5.16 Å². The molecular formula is C12H21N3O2. The fourth-order valence-corrected chi connectivity index (χ4v) is 2.07. The SMILES string of the molecule is CNCc1cc(CN2CCOCC2(C)C)on1. The molecule has 1 aromatic heterocycles. The minimum Gasteiger partial charge on any atom is -0.378 e. The molecule has 1 aromatic rings. The predicted molar refractivity (Wildman–Crippen MR) is 64.6 cm³/mol. The van der Waals surface area contributed by atoms with Crippen molar-refractivity contribution in [2.75, 3.05) is 26.8 Å². The van der Waals surface area contributed by atoms with Gasteiger partial charge in [0.1, 0.15) is 0 Å². The second-order valence-corrected chi connectivity index (χ2v) is 5.10. The Morgan fingerprint density at radius 1 is 1.53 bits per heavy atom. The molecule has 0 atom stereocenters. The molecular weight excluding hydrogens is 218 g/mol. The molecule has 0 saturated carbocycles. The highest BCUT2D eigenvalue weighted by Crippen LogP contribution is 2.21. The van der Waals surface area contributed by atoms with Gasteiger partial charge in [0.05, 0.1) is 25.5 Å². The van der Waals surface area contributed by atoms with Crippen LogP contribution in [0.3, 0.4) is 0 Å². The van der Waals surface area contributed by atoms with Gasteiger partial charge in [-0.25, -0.2) is 0 Å². The summed E-state index contributed by atoms with van der Waals surface area (Å²) in [4.78, 5) is 2.38. The molecule has 5 heteroatoms. The normalized spacial score (nSPS) is 20.6. The van der Waals surface area contributed by atoms with Crippen molar-refractivity contribution >= 4 is 0 Å².